The lowest BCUT2D eigenvalue weighted by Crippen LogP contribution is -2.29. The topological polar surface area (TPSA) is 44.8 Å². The quantitative estimate of drug-likeness (QED) is 0.507. The maximum Gasteiger partial charge on any atom is 0.170 e. The maximum atomic E-state index is 12.1. The first-order valence-electron chi connectivity index (χ1n) is 7.04. The van der Waals surface area contributed by atoms with E-state index in [0.29, 0.717) is 31.0 Å². The highest BCUT2D eigenvalue weighted by Crippen LogP contribution is 2.31. The van der Waals surface area contributed by atoms with Crippen molar-refractivity contribution in [2.24, 2.45) is 5.92 Å². The SMILES string of the molecule is C=CC1=C(/C(Cl)=C/OCCCOC)OC(C(C)C)CC1=O. The molecule has 0 amide bonds. The third kappa shape index (κ3) is 5.21. The Morgan fingerprint density at radius 2 is 2.24 bits per heavy atom. The Morgan fingerprint density at radius 3 is 2.81 bits per heavy atom. The molecule has 1 heterocycles. The zero-order valence-corrected chi connectivity index (χ0v) is 13.6. The first kappa shape index (κ1) is 17.8. The third-order valence-electron chi connectivity index (χ3n) is 3.16. The van der Waals surface area contributed by atoms with Crippen molar-refractivity contribution in [1.29, 1.82) is 0 Å². The van der Waals surface area contributed by atoms with Crippen LogP contribution >= 0.6 is 11.6 Å². The summed E-state index contributed by atoms with van der Waals surface area (Å²) in [5, 5.41) is 0.279. The minimum atomic E-state index is -0.174. The average molecular weight is 315 g/mol. The van der Waals surface area contributed by atoms with E-state index in [4.69, 9.17) is 25.8 Å². The molecule has 0 spiro atoms. The van der Waals surface area contributed by atoms with Gasteiger partial charge in [0.2, 0.25) is 0 Å². The normalized spacial score (nSPS) is 19.8. The molecule has 1 rings (SSSR count). The van der Waals surface area contributed by atoms with E-state index in [1.165, 1.54) is 12.3 Å². The molecule has 0 bridgehead atoms. The predicted octanol–water partition coefficient (Wildman–Crippen LogP) is 3.57. The molecule has 0 radical (unpaired) electrons. The molecule has 1 aliphatic heterocycles. The number of ketones is 1. The predicted molar refractivity (Wildman–Crippen MR) is 82.9 cm³/mol. The maximum absolute atomic E-state index is 12.1. The van der Waals surface area contributed by atoms with Crippen molar-refractivity contribution in [3.8, 4) is 0 Å². The molecular weight excluding hydrogens is 292 g/mol. The number of carbonyl (C=O) groups excluding carboxylic acids is 1. The first-order chi connectivity index (χ1) is 10.0. The molecule has 5 heteroatoms. The van der Waals surface area contributed by atoms with Gasteiger partial charge in [-0.3, -0.25) is 4.79 Å². The number of rotatable bonds is 8. The van der Waals surface area contributed by atoms with Crippen LogP contribution in [0.4, 0.5) is 0 Å². The van der Waals surface area contributed by atoms with Crippen LogP contribution in [0, 0.1) is 5.92 Å². The van der Waals surface area contributed by atoms with E-state index < -0.39 is 0 Å². The molecule has 1 unspecified atom stereocenters. The van der Waals surface area contributed by atoms with E-state index in [9.17, 15) is 4.79 Å². The fraction of sp³-hybridized carbons (Fsp3) is 0.562. The molecule has 0 aromatic carbocycles. The fourth-order valence-electron chi connectivity index (χ4n) is 1.91. The lowest BCUT2D eigenvalue weighted by atomic mass is 9.94. The van der Waals surface area contributed by atoms with Crippen LogP contribution in [0.3, 0.4) is 0 Å². The van der Waals surface area contributed by atoms with Gasteiger partial charge in [-0.15, -0.1) is 0 Å². The zero-order chi connectivity index (χ0) is 15.8. The molecule has 0 aliphatic carbocycles. The average Bonchev–Trinajstić information content (AvgIpc) is 2.45. The van der Waals surface area contributed by atoms with Crippen LogP contribution in [-0.2, 0) is 19.0 Å². The van der Waals surface area contributed by atoms with Gasteiger partial charge in [-0.05, 0) is 5.92 Å². The monoisotopic (exact) mass is 314 g/mol. The number of halogens is 1. The van der Waals surface area contributed by atoms with Crippen molar-refractivity contribution < 1.29 is 19.0 Å². The number of hydrogen-bond donors (Lipinski definition) is 0. The summed E-state index contributed by atoms with van der Waals surface area (Å²) in [6.45, 7) is 8.78. The molecule has 1 aliphatic rings. The summed E-state index contributed by atoms with van der Waals surface area (Å²) in [5.74, 6) is 0.576. The van der Waals surface area contributed by atoms with Gasteiger partial charge in [-0.1, -0.05) is 38.1 Å². The molecule has 0 aromatic rings. The number of carbonyl (C=O) groups is 1. The van der Waals surface area contributed by atoms with Crippen molar-refractivity contribution in [3.63, 3.8) is 0 Å². The van der Waals surface area contributed by atoms with Crippen LogP contribution in [-0.4, -0.2) is 32.2 Å². The highest BCUT2D eigenvalue weighted by atomic mass is 35.5. The third-order valence-corrected chi connectivity index (χ3v) is 3.42. The Hall–Kier alpha value is -1.26. The summed E-state index contributed by atoms with van der Waals surface area (Å²) in [4.78, 5) is 12.1. The molecular formula is C16H23ClO4. The Balaban J connectivity index is 2.81. The zero-order valence-electron chi connectivity index (χ0n) is 12.9. The molecule has 0 N–H and O–H groups in total. The van der Waals surface area contributed by atoms with E-state index in [1.54, 1.807) is 7.11 Å². The first-order valence-corrected chi connectivity index (χ1v) is 7.42. The van der Waals surface area contributed by atoms with Crippen LogP contribution in [0.5, 0.6) is 0 Å². The molecule has 0 saturated heterocycles. The summed E-state index contributed by atoms with van der Waals surface area (Å²) in [5.41, 5.74) is 0.411. The second kappa shape index (κ2) is 8.90. The highest BCUT2D eigenvalue weighted by Gasteiger charge is 2.30. The lowest BCUT2D eigenvalue weighted by Gasteiger charge is -2.29. The number of methoxy groups -OCH3 is 1. The van der Waals surface area contributed by atoms with Gasteiger partial charge >= 0.3 is 0 Å². The fourth-order valence-corrected chi connectivity index (χ4v) is 2.12. The number of allylic oxidation sites excluding steroid dienone is 3. The number of hydrogen-bond acceptors (Lipinski definition) is 4. The van der Waals surface area contributed by atoms with Crippen molar-refractivity contribution in [2.45, 2.75) is 32.8 Å². The second-order valence-corrected chi connectivity index (χ2v) is 5.56. The van der Waals surface area contributed by atoms with Crippen molar-refractivity contribution in [2.75, 3.05) is 20.3 Å². The standard InChI is InChI=1S/C16H23ClO4/c1-5-12-14(18)9-15(11(2)3)21-16(12)13(17)10-20-8-6-7-19-4/h5,10-11,15H,1,6-9H2,2-4H3/b13-10-. The van der Waals surface area contributed by atoms with Crippen molar-refractivity contribution >= 4 is 17.4 Å². The van der Waals surface area contributed by atoms with Crippen LogP contribution in [0.2, 0.25) is 0 Å². The van der Waals surface area contributed by atoms with Gasteiger partial charge in [0.1, 0.15) is 17.4 Å². The van der Waals surface area contributed by atoms with Gasteiger partial charge in [0.15, 0.2) is 11.5 Å². The van der Waals surface area contributed by atoms with Gasteiger partial charge in [0.25, 0.3) is 0 Å². The number of Topliss-reactive ketones (excluding diaryl/α,β-unsaturated/α-hetero) is 1. The molecule has 0 saturated carbocycles. The molecule has 4 nitrogen and oxygen atoms in total. The van der Waals surface area contributed by atoms with Gasteiger partial charge in [-0.25, -0.2) is 0 Å². The lowest BCUT2D eigenvalue weighted by molar-refractivity contribution is -0.120. The second-order valence-electron chi connectivity index (χ2n) is 5.16. The summed E-state index contributed by atoms with van der Waals surface area (Å²) >= 11 is 6.20. The Labute approximate surface area is 131 Å². The summed E-state index contributed by atoms with van der Waals surface area (Å²) in [6, 6.07) is 0. The summed E-state index contributed by atoms with van der Waals surface area (Å²) in [7, 11) is 1.64. The van der Waals surface area contributed by atoms with Gasteiger partial charge in [-0.2, -0.15) is 0 Å². The minimum Gasteiger partial charge on any atom is -0.499 e. The minimum absolute atomic E-state index is 0.00381. The molecule has 118 valence electrons. The molecule has 21 heavy (non-hydrogen) atoms. The van der Waals surface area contributed by atoms with E-state index in [2.05, 4.69) is 6.58 Å². The highest BCUT2D eigenvalue weighted by molar-refractivity contribution is 6.32. The van der Waals surface area contributed by atoms with Crippen molar-refractivity contribution in [1.82, 2.24) is 0 Å². The summed E-state index contributed by atoms with van der Waals surface area (Å²) in [6.07, 6.45) is 3.83. The largest absolute Gasteiger partial charge is 0.499 e. The smallest absolute Gasteiger partial charge is 0.170 e. The van der Waals surface area contributed by atoms with E-state index in [-0.39, 0.29) is 22.8 Å². The summed E-state index contributed by atoms with van der Waals surface area (Å²) < 4.78 is 16.1. The Kier molecular flexibility index (Phi) is 7.54. The van der Waals surface area contributed by atoms with E-state index in [1.807, 2.05) is 13.8 Å². The van der Waals surface area contributed by atoms with Crippen LogP contribution in [0.15, 0.2) is 35.3 Å². The van der Waals surface area contributed by atoms with Crippen molar-refractivity contribution in [3.05, 3.63) is 35.3 Å². The van der Waals surface area contributed by atoms with Gasteiger partial charge < -0.3 is 14.2 Å². The Morgan fingerprint density at radius 1 is 1.52 bits per heavy atom. The van der Waals surface area contributed by atoms with Crippen LogP contribution in [0.1, 0.15) is 26.7 Å². The van der Waals surface area contributed by atoms with Gasteiger partial charge in [0.05, 0.1) is 12.2 Å². The molecule has 0 aromatic heterocycles. The molecule has 0 fully saturated rings. The molecule has 1 atom stereocenters. The van der Waals surface area contributed by atoms with Gasteiger partial charge in [0, 0.05) is 26.6 Å². The van der Waals surface area contributed by atoms with E-state index >= 15 is 0 Å². The Bertz CT molecular complexity index is 438. The van der Waals surface area contributed by atoms with Crippen LogP contribution in [0.25, 0.3) is 0 Å². The van der Waals surface area contributed by atoms with Crippen LogP contribution < -0.4 is 0 Å². The van der Waals surface area contributed by atoms with E-state index in [0.717, 1.165) is 6.42 Å². The number of ether oxygens (including phenoxy) is 3.